The number of para-hydroxylation sites is 1. The fraction of sp³-hybridized carbons (Fsp3) is 0.407. The Morgan fingerprint density at radius 1 is 1.11 bits per heavy atom. The third-order valence-corrected chi connectivity index (χ3v) is 7.71. The quantitative estimate of drug-likeness (QED) is 0.276. The Balaban J connectivity index is 1.58. The number of ether oxygens (including phenoxy) is 1. The van der Waals surface area contributed by atoms with Gasteiger partial charge in [-0.05, 0) is 55.0 Å². The monoisotopic (exact) mass is 493 g/mol. The van der Waals surface area contributed by atoms with Gasteiger partial charge in [0, 0.05) is 13.1 Å². The zero-order valence-electron chi connectivity index (χ0n) is 20.4. The van der Waals surface area contributed by atoms with Crippen LogP contribution in [0.2, 0.25) is 0 Å². The molecule has 2 aromatic carbocycles. The normalized spacial score (nSPS) is 15.2. The van der Waals surface area contributed by atoms with Gasteiger partial charge in [0.1, 0.15) is 0 Å². The molecule has 1 aliphatic heterocycles. The van der Waals surface area contributed by atoms with Crippen LogP contribution >= 0.6 is 11.8 Å². The Morgan fingerprint density at radius 2 is 1.80 bits per heavy atom. The minimum atomic E-state index is -0.213. The van der Waals surface area contributed by atoms with Crippen LogP contribution in [0.25, 0.3) is 16.6 Å². The van der Waals surface area contributed by atoms with Gasteiger partial charge < -0.3 is 9.64 Å². The van der Waals surface area contributed by atoms with E-state index >= 15 is 0 Å². The highest BCUT2D eigenvalue weighted by atomic mass is 32.2. The average Bonchev–Trinajstić information content (AvgIpc) is 2.91. The first-order valence-electron chi connectivity index (χ1n) is 12.0. The van der Waals surface area contributed by atoms with Crippen molar-refractivity contribution in [3.05, 3.63) is 64.4 Å². The Labute approximate surface area is 209 Å². The highest BCUT2D eigenvalue weighted by molar-refractivity contribution is 7.99. The molecule has 1 fully saturated rings. The van der Waals surface area contributed by atoms with Crippen LogP contribution in [0, 0.1) is 5.92 Å². The van der Waals surface area contributed by atoms with Gasteiger partial charge in [0.15, 0.2) is 5.16 Å². The van der Waals surface area contributed by atoms with Gasteiger partial charge in [-0.3, -0.25) is 19.0 Å². The molecule has 0 saturated carbocycles. The van der Waals surface area contributed by atoms with Gasteiger partial charge in [-0.15, -0.1) is 0 Å². The summed E-state index contributed by atoms with van der Waals surface area (Å²) < 4.78 is 6.43. The van der Waals surface area contributed by atoms with E-state index in [1.807, 2.05) is 30.3 Å². The zero-order valence-corrected chi connectivity index (χ0v) is 21.2. The molecule has 0 aliphatic carbocycles. The molecule has 4 rings (SSSR count). The summed E-state index contributed by atoms with van der Waals surface area (Å²) in [5.74, 6) is 0.209. The van der Waals surface area contributed by atoms with Gasteiger partial charge in [0.25, 0.3) is 5.56 Å². The van der Waals surface area contributed by atoms with Crippen molar-refractivity contribution in [2.24, 2.45) is 5.92 Å². The number of benzene rings is 2. The van der Waals surface area contributed by atoms with Crippen LogP contribution in [-0.2, 0) is 14.3 Å². The molecule has 1 atom stereocenters. The van der Waals surface area contributed by atoms with Crippen LogP contribution in [-0.4, -0.2) is 52.3 Å². The second-order valence-corrected chi connectivity index (χ2v) is 9.86. The molecule has 0 bridgehead atoms. The summed E-state index contributed by atoms with van der Waals surface area (Å²) in [7, 11) is 1.39. The molecule has 0 spiro atoms. The van der Waals surface area contributed by atoms with E-state index in [4.69, 9.17) is 9.72 Å². The van der Waals surface area contributed by atoms with E-state index in [1.54, 1.807) is 15.5 Å². The van der Waals surface area contributed by atoms with E-state index < -0.39 is 0 Å². The van der Waals surface area contributed by atoms with Crippen molar-refractivity contribution < 1.29 is 14.3 Å². The Kier molecular flexibility index (Phi) is 7.90. The zero-order chi connectivity index (χ0) is 24.9. The van der Waals surface area contributed by atoms with E-state index in [0.29, 0.717) is 47.9 Å². The number of aromatic nitrogens is 2. The number of piperidine rings is 1. The van der Waals surface area contributed by atoms with Crippen molar-refractivity contribution >= 4 is 34.5 Å². The van der Waals surface area contributed by atoms with Gasteiger partial charge in [-0.2, -0.15) is 0 Å². The number of likely N-dealkylation sites (tertiary alicyclic amines) is 1. The smallest absolute Gasteiger partial charge is 0.308 e. The number of thioether (sulfide) groups is 1. The number of methoxy groups -OCH3 is 1. The van der Waals surface area contributed by atoms with Crippen LogP contribution in [0.15, 0.2) is 58.5 Å². The lowest BCUT2D eigenvalue weighted by Crippen LogP contribution is -2.41. The first-order valence-corrected chi connectivity index (χ1v) is 13.0. The predicted octanol–water partition coefficient (Wildman–Crippen LogP) is 4.40. The molecule has 184 valence electrons. The van der Waals surface area contributed by atoms with Gasteiger partial charge in [-0.1, -0.05) is 49.9 Å². The topological polar surface area (TPSA) is 81.5 Å². The largest absolute Gasteiger partial charge is 0.469 e. The Hall–Kier alpha value is -3.13. The number of amides is 1. The van der Waals surface area contributed by atoms with Crippen LogP contribution in [0.5, 0.6) is 0 Å². The molecule has 2 heterocycles. The summed E-state index contributed by atoms with van der Waals surface area (Å²) in [4.78, 5) is 44.7. The Morgan fingerprint density at radius 3 is 2.46 bits per heavy atom. The minimum absolute atomic E-state index is 0.0283. The number of carbonyl (C=O) groups is 2. The van der Waals surface area contributed by atoms with Crippen molar-refractivity contribution in [2.45, 2.75) is 44.2 Å². The lowest BCUT2D eigenvalue weighted by molar-refractivity contribution is -0.148. The van der Waals surface area contributed by atoms with Gasteiger partial charge >= 0.3 is 5.97 Å². The summed E-state index contributed by atoms with van der Waals surface area (Å²) in [5, 5.41) is 1.03. The first kappa shape index (κ1) is 25.0. The van der Waals surface area contributed by atoms with Crippen LogP contribution in [0.3, 0.4) is 0 Å². The van der Waals surface area contributed by atoms with Crippen molar-refractivity contribution in [2.75, 3.05) is 26.0 Å². The first-order chi connectivity index (χ1) is 16.9. The maximum atomic E-state index is 13.5. The number of nitrogens with zero attached hydrogens (tertiary/aromatic N) is 3. The van der Waals surface area contributed by atoms with Crippen LogP contribution in [0.4, 0.5) is 0 Å². The number of esters is 1. The fourth-order valence-electron chi connectivity index (χ4n) is 4.37. The fourth-order valence-corrected chi connectivity index (χ4v) is 5.29. The van der Waals surface area contributed by atoms with Gasteiger partial charge in [0.05, 0.1) is 35.4 Å². The predicted molar refractivity (Wildman–Crippen MR) is 138 cm³/mol. The molecule has 1 aromatic heterocycles. The lowest BCUT2D eigenvalue weighted by atomic mass is 9.97. The van der Waals surface area contributed by atoms with E-state index in [0.717, 1.165) is 12.1 Å². The summed E-state index contributed by atoms with van der Waals surface area (Å²) in [5.41, 5.74) is 2.41. The minimum Gasteiger partial charge on any atom is -0.469 e. The summed E-state index contributed by atoms with van der Waals surface area (Å²) in [6, 6.07) is 15.3. The van der Waals surface area contributed by atoms with Crippen LogP contribution < -0.4 is 5.56 Å². The molecular weight excluding hydrogens is 462 g/mol. The molecule has 3 aromatic rings. The maximum absolute atomic E-state index is 13.5. The number of hydrogen-bond acceptors (Lipinski definition) is 6. The third-order valence-electron chi connectivity index (χ3n) is 6.78. The number of fused-ring (bicyclic) bond motifs is 1. The standard InChI is InChI=1S/C27H31N3O4S/c1-4-18(2)19-9-11-21(12-10-19)30-25(32)22-7-5-6-8-23(22)28-27(30)35-17-24(31)29-15-13-20(14-16-29)26(33)34-3/h5-12,18,20H,4,13-17H2,1-3H3. The molecular formula is C27H31N3O4S. The molecule has 1 saturated heterocycles. The van der Waals surface area contributed by atoms with Gasteiger partial charge in [0.2, 0.25) is 5.91 Å². The number of carbonyl (C=O) groups excluding carboxylic acids is 2. The SMILES string of the molecule is CCC(C)c1ccc(-n2c(SCC(=O)N3CCC(C(=O)OC)CC3)nc3ccccc3c2=O)cc1. The molecule has 0 radical (unpaired) electrons. The summed E-state index contributed by atoms with van der Waals surface area (Å²) in [6.45, 7) is 5.38. The highest BCUT2D eigenvalue weighted by Crippen LogP contribution is 2.25. The maximum Gasteiger partial charge on any atom is 0.308 e. The lowest BCUT2D eigenvalue weighted by Gasteiger charge is -2.30. The summed E-state index contributed by atoms with van der Waals surface area (Å²) >= 11 is 1.27. The third kappa shape index (κ3) is 5.42. The molecule has 1 amide bonds. The molecule has 35 heavy (non-hydrogen) atoms. The van der Waals surface area contributed by atoms with E-state index in [9.17, 15) is 14.4 Å². The van der Waals surface area contributed by atoms with Crippen molar-refractivity contribution in [1.29, 1.82) is 0 Å². The second-order valence-electron chi connectivity index (χ2n) is 8.92. The van der Waals surface area contributed by atoms with Gasteiger partial charge in [-0.25, -0.2) is 4.98 Å². The van der Waals surface area contributed by atoms with Crippen molar-refractivity contribution in [1.82, 2.24) is 14.5 Å². The van der Waals surface area contributed by atoms with E-state index in [2.05, 4.69) is 26.0 Å². The number of hydrogen-bond donors (Lipinski definition) is 0. The Bertz CT molecular complexity index is 1260. The molecule has 8 heteroatoms. The molecule has 1 unspecified atom stereocenters. The highest BCUT2D eigenvalue weighted by Gasteiger charge is 2.28. The second kappa shape index (κ2) is 11.1. The van der Waals surface area contributed by atoms with E-state index in [-0.39, 0.29) is 29.1 Å². The summed E-state index contributed by atoms with van der Waals surface area (Å²) in [6.07, 6.45) is 2.24. The van der Waals surface area contributed by atoms with Crippen molar-refractivity contribution in [3.8, 4) is 5.69 Å². The average molecular weight is 494 g/mol. The van der Waals surface area contributed by atoms with E-state index in [1.165, 1.54) is 24.4 Å². The molecule has 7 nitrogen and oxygen atoms in total. The number of rotatable bonds is 7. The molecule has 1 aliphatic rings. The van der Waals surface area contributed by atoms with Crippen LogP contribution in [0.1, 0.15) is 44.6 Å². The molecule has 0 N–H and O–H groups in total. The van der Waals surface area contributed by atoms with Crippen molar-refractivity contribution in [3.63, 3.8) is 0 Å².